The minimum absolute atomic E-state index is 0.0295. The molecule has 0 saturated carbocycles. The average molecular weight is 591 g/mol. The number of nitrogens with one attached hydrogen (secondary N) is 2. The maximum Gasteiger partial charge on any atom is 0.336 e. The van der Waals surface area contributed by atoms with Crippen LogP contribution in [0.25, 0.3) is 10.9 Å². The molecule has 1 aliphatic heterocycles. The number of ether oxygens (including phenoxy) is 2. The van der Waals surface area contributed by atoms with Crippen molar-refractivity contribution in [1.82, 2.24) is 15.2 Å². The second-order valence-corrected chi connectivity index (χ2v) is 9.79. The Morgan fingerprint density at radius 2 is 1.58 bits per heavy atom. The predicted molar refractivity (Wildman–Crippen MR) is 154 cm³/mol. The summed E-state index contributed by atoms with van der Waals surface area (Å²) in [7, 11) is 2.22. The minimum atomic E-state index is -1.29. The number of aliphatic carboxylic acids is 1. The molecule has 3 aromatic rings. The first-order valence-corrected chi connectivity index (χ1v) is 13.2. The lowest BCUT2D eigenvalue weighted by atomic mass is 9.79. The van der Waals surface area contributed by atoms with Gasteiger partial charge in [-0.1, -0.05) is 36.4 Å². The highest BCUT2D eigenvalue weighted by atomic mass is 16.6. The van der Waals surface area contributed by atoms with Crippen LogP contribution >= 0.6 is 0 Å². The third-order valence-electron chi connectivity index (χ3n) is 7.43. The predicted octanol–water partition coefficient (Wildman–Crippen LogP) is 3.18. The van der Waals surface area contributed by atoms with Gasteiger partial charge in [-0.15, -0.1) is 0 Å². The van der Waals surface area contributed by atoms with Crippen LogP contribution in [0.15, 0.2) is 77.3 Å². The van der Waals surface area contributed by atoms with Gasteiger partial charge in [0.1, 0.15) is 6.04 Å². The summed E-state index contributed by atoms with van der Waals surface area (Å²) in [5.74, 6) is -4.97. The first-order valence-electron chi connectivity index (χ1n) is 13.2. The number of carbonyl (C=O) groups is 4. The molecule has 3 N–H and O–H groups in total. The van der Waals surface area contributed by atoms with E-state index in [2.05, 4.69) is 10.3 Å². The molecule has 0 unspecified atom stereocenters. The molecule has 2 heterocycles. The molecule has 0 fully saturated rings. The fourth-order valence-electron chi connectivity index (χ4n) is 5.45. The number of nitro groups is 1. The Morgan fingerprint density at radius 1 is 1.00 bits per heavy atom. The first kappa shape index (κ1) is 30.7. The smallest absolute Gasteiger partial charge is 0.336 e. The van der Waals surface area contributed by atoms with Crippen LogP contribution in [0.4, 0.5) is 5.69 Å². The fourth-order valence-corrected chi connectivity index (χ4v) is 5.45. The molecule has 0 bridgehead atoms. The van der Waals surface area contributed by atoms with Crippen molar-refractivity contribution in [3.8, 4) is 0 Å². The van der Waals surface area contributed by atoms with Crippen molar-refractivity contribution in [1.29, 1.82) is 0 Å². The normalized spacial score (nSPS) is 14.6. The molecule has 4 rings (SSSR count). The summed E-state index contributed by atoms with van der Waals surface area (Å²) >= 11 is 0. The minimum Gasteiger partial charge on any atom is -0.480 e. The Balaban J connectivity index is 1.73. The largest absolute Gasteiger partial charge is 0.480 e. The molecule has 43 heavy (non-hydrogen) atoms. The number of fused-ring (bicyclic) bond motifs is 1. The van der Waals surface area contributed by atoms with Crippen molar-refractivity contribution in [2.24, 2.45) is 0 Å². The van der Waals surface area contributed by atoms with Gasteiger partial charge in [0.25, 0.3) is 5.69 Å². The van der Waals surface area contributed by atoms with Crippen LogP contribution in [-0.2, 0) is 35.1 Å². The Morgan fingerprint density at radius 3 is 2.16 bits per heavy atom. The number of para-hydroxylation sites is 2. The lowest BCUT2D eigenvalue weighted by Crippen LogP contribution is -2.46. The Kier molecular flexibility index (Phi) is 9.05. The van der Waals surface area contributed by atoms with Crippen molar-refractivity contribution >= 4 is 40.4 Å². The molecule has 1 amide bonds. The van der Waals surface area contributed by atoms with E-state index in [1.165, 1.54) is 38.1 Å². The van der Waals surface area contributed by atoms with Gasteiger partial charge in [-0.25, -0.2) is 9.59 Å². The van der Waals surface area contributed by atoms with Gasteiger partial charge in [0.05, 0.1) is 42.8 Å². The van der Waals surface area contributed by atoms with E-state index in [1.54, 1.807) is 6.20 Å². The summed E-state index contributed by atoms with van der Waals surface area (Å²) in [6.07, 6.45) is 1.78. The van der Waals surface area contributed by atoms with Gasteiger partial charge < -0.3 is 19.6 Å². The SMILES string of the molecule is COC(=O)C1=C(C)N(C(=O)CN[C@@H](Cc2c[nH]c3ccccc23)C(=O)O)C(C)=C(C(=O)OC)C1c1ccccc1[N+](=O)[O-]. The van der Waals surface area contributed by atoms with Gasteiger partial charge in [-0.2, -0.15) is 0 Å². The molecule has 1 atom stereocenters. The van der Waals surface area contributed by atoms with Gasteiger partial charge >= 0.3 is 17.9 Å². The molecule has 0 spiro atoms. The summed E-state index contributed by atoms with van der Waals surface area (Å²) in [5, 5.41) is 25.4. The highest BCUT2D eigenvalue weighted by molar-refractivity contribution is 6.02. The number of rotatable bonds is 10. The van der Waals surface area contributed by atoms with E-state index in [-0.39, 0.29) is 40.2 Å². The van der Waals surface area contributed by atoms with Crippen molar-refractivity contribution in [2.45, 2.75) is 32.2 Å². The topological polar surface area (TPSA) is 181 Å². The summed E-state index contributed by atoms with van der Waals surface area (Å²) < 4.78 is 9.97. The molecule has 0 radical (unpaired) electrons. The highest BCUT2D eigenvalue weighted by Crippen LogP contribution is 2.45. The number of carboxylic acid groups (broad SMARTS) is 1. The zero-order chi connectivity index (χ0) is 31.4. The van der Waals surface area contributed by atoms with Crippen LogP contribution in [0, 0.1) is 10.1 Å². The van der Waals surface area contributed by atoms with Crippen LogP contribution in [-0.4, -0.2) is 70.5 Å². The number of carbonyl (C=O) groups excluding carboxylic acids is 3. The number of aromatic amines is 1. The zero-order valence-corrected chi connectivity index (χ0v) is 23.9. The average Bonchev–Trinajstić information content (AvgIpc) is 3.40. The van der Waals surface area contributed by atoms with Gasteiger partial charge in [0, 0.05) is 46.5 Å². The maximum atomic E-state index is 13.7. The number of H-pyrrole nitrogens is 1. The number of aromatic nitrogens is 1. The highest BCUT2D eigenvalue weighted by Gasteiger charge is 2.44. The zero-order valence-electron chi connectivity index (χ0n) is 23.9. The summed E-state index contributed by atoms with van der Waals surface area (Å²) in [6, 6.07) is 11.9. The Hall–Kier alpha value is -5.30. The number of esters is 2. The molecular weight excluding hydrogens is 560 g/mol. The maximum absolute atomic E-state index is 13.7. The van der Waals surface area contributed by atoms with Crippen LogP contribution in [0.5, 0.6) is 0 Å². The summed E-state index contributed by atoms with van der Waals surface area (Å²) in [5.41, 5.74) is 1.04. The monoisotopic (exact) mass is 590 g/mol. The number of amides is 1. The molecule has 13 nitrogen and oxygen atoms in total. The fraction of sp³-hybridized carbons (Fsp3) is 0.267. The van der Waals surface area contributed by atoms with Crippen LogP contribution in [0.2, 0.25) is 0 Å². The quantitative estimate of drug-likeness (QED) is 0.180. The standard InChI is InChI=1S/C30H30N4O9/c1-16-25(29(38)42-3)27(20-10-6-8-12-23(20)34(40)41)26(30(39)43-4)17(2)33(16)24(35)15-32-22(28(36)37)13-18-14-31-21-11-7-5-9-19(18)21/h5-12,14,22,27,31-32H,13,15H2,1-4H3,(H,36,37)/t22-/m0/s1. The van der Waals surface area contributed by atoms with E-state index in [4.69, 9.17) is 9.47 Å². The number of allylic oxidation sites excluding steroid dienone is 2. The van der Waals surface area contributed by atoms with Crippen LogP contribution in [0.3, 0.4) is 0 Å². The van der Waals surface area contributed by atoms with E-state index >= 15 is 0 Å². The van der Waals surface area contributed by atoms with Gasteiger partial charge in [-0.05, 0) is 25.5 Å². The number of methoxy groups -OCH3 is 2. The molecule has 1 aromatic heterocycles. The second kappa shape index (κ2) is 12.7. The van der Waals surface area contributed by atoms with Crippen molar-refractivity contribution in [3.05, 3.63) is 98.5 Å². The van der Waals surface area contributed by atoms with Crippen molar-refractivity contribution in [3.63, 3.8) is 0 Å². The lowest BCUT2D eigenvalue weighted by Gasteiger charge is -2.36. The number of hydrogen-bond donors (Lipinski definition) is 3. The third kappa shape index (κ3) is 5.88. The molecule has 224 valence electrons. The molecule has 2 aromatic carbocycles. The molecule has 13 heteroatoms. The Bertz CT molecular complexity index is 1650. The van der Waals surface area contributed by atoms with E-state index in [0.29, 0.717) is 0 Å². The number of nitrogens with zero attached hydrogens (tertiary/aromatic N) is 2. The van der Waals surface area contributed by atoms with Gasteiger partial charge in [-0.3, -0.25) is 29.9 Å². The first-order chi connectivity index (χ1) is 20.5. The Labute approximate surface area is 245 Å². The molecular formula is C30H30N4O9. The third-order valence-corrected chi connectivity index (χ3v) is 7.43. The number of benzene rings is 2. The molecule has 1 aliphatic rings. The molecule has 0 aliphatic carbocycles. The number of nitro benzene ring substituents is 1. The van der Waals surface area contributed by atoms with Crippen LogP contribution < -0.4 is 5.32 Å². The van der Waals surface area contributed by atoms with Crippen molar-refractivity contribution in [2.75, 3.05) is 20.8 Å². The number of carboxylic acids is 1. The van der Waals surface area contributed by atoms with E-state index < -0.39 is 47.2 Å². The van der Waals surface area contributed by atoms with Gasteiger partial charge in [0.15, 0.2) is 0 Å². The van der Waals surface area contributed by atoms with Gasteiger partial charge in [0.2, 0.25) is 5.91 Å². The van der Waals surface area contributed by atoms with Crippen LogP contribution in [0.1, 0.15) is 30.9 Å². The summed E-state index contributed by atoms with van der Waals surface area (Å²) in [6.45, 7) is 2.42. The lowest BCUT2D eigenvalue weighted by molar-refractivity contribution is -0.385. The van der Waals surface area contributed by atoms with E-state index in [1.807, 2.05) is 24.3 Å². The van der Waals surface area contributed by atoms with Crippen molar-refractivity contribution < 1.29 is 38.7 Å². The van der Waals surface area contributed by atoms with E-state index in [0.717, 1.165) is 35.6 Å². The molecule has 0 saturated heterocycles. The number of hydrogen-bond acceptors (Lipinski definition) is 9. The van der Waals surface area contributed by atoms with E-state index in [9.17, 15) is 34.4 Å². The summed E-state index contributed by atoms with van der Waals surface area (Å²) in [4.78, 5) is 67.6. The second-order valence-electron chi connectivity index (χ2n) is 9.79.